The molecule has 28 heavy (non-hydrogen) atoms. The van der Waals surface area contributed by atoms with E-state index < -0.39 is 0 Å². The molecule has 0 radical (unpaired) electrons. The largest absolute Gasteiger partial charge is 0.371 e. The highest BCUT2D eigenvalue weighted by molar-refractivity contribution is 14.0. The van der Waals surface area contributed by atoms with Crippen LogP contribution in [0.1, 0.15) is 6.42 Å². The molecule has 1 unspecified atom stereocenters. The average molecular weight is 511 g/mol. The van der Waals surface area contributed by atoms with Gasteiger partial charge in [0.25, 0.3) is 0 Å². The van der Waals surface area contributed by atoms with Gasteiger partial charge in [-0.3, -0.25) is 4.99 Å². The molecule has 0 saturated carbocycles. The number of piperazine rings is 1. The molecule has 0 spiro atoms. The molecule has 0 aliphatic carbocycles. The third kappa shape index (κ3) is 5.11. The first kappa shape index (κ1) is 21.2. The van der Waals surface area contributed by atoms with Crippen LogP contribution >= 0.6 is 35.3 Å². The highest BCUT2D eigenvalue weighted by atomic mass is 127. The van der Waals surface area contributed by atoms with Crippen LogP contribution in [-0.2, 0) is 0 Å². The lowest BCUT2D eigenvalue weighted by atomic mass is 10.1. The fraction of sp³-hybridized carbons (Fsp3) is 0.476. The number of benzene rings is 1. The first-order chi connectivity index (χ1) is 13.3. The molecule has 2 saturated heterocycles. The molecule has 0 bridgehead atoms. The molecule has 2 aromatic rings. The molecule has 1 aromatic carbocycles. The van der Waals surface area contributed by atoms with Crippen molar-refractivity contribution in [2.75, 3.05) is 62.7 Å². The summed E-state index contributed by atoms with van der Waals surface area (Å²) in [6.07, 6.45) is 1.24. The second-order valence-electron chi connectivity index (χ2n) is 7.29. The van der Waals surface area contributed by atoms with Crippen molar-refractivity contribution in [2.24, 2.45) is 10.9 Å². The molecule has 1 N–H and O–H groups in total. The van der Waals surface area contributed by atoms with Crippen molar-refractivity contribution >= 4 is 52.0 Å². The van der Waals surface area contributed by atoms with Gasteiger partial charge < -0.3 is 20.0 Å². The molecule has 2 aliphatic rings. The Morgan fingerprint density at radius 3 is 2.50 bits per heavy atom. The van der Waals surface area contributed by atoms with Gasteiger partial charge >= 0.3 is 0 Å². The number of hydrogen-bond donors (Lipinski definition) is 1. The van der Waals surface area contributed by atoms with Gasteiger partial charge in [-0.05, 0) is 42.0 Å². The van der Waals surface area contributed by atoms with Crippen LogP contribution in [0.15, 0.2) is 52.8 Å². The minimum Gasteiger partial charge on any atom is -0.371 e. The molecule has 5 nitrogen and oxygen atoms in total. The van der Waals surface area contributed by atoms with Crippen molar-refractivity contribution in [1.82, 2.24) is 10.2 Å². The van der Waals surface area contributed by atoms with Crippen LogP contribution in [0.25, 0.3) is 0 Å². The van der Waals surface area contributed by atoms with Gasteiger partial charge in [0.2, 0.25) is 0 Å². The number of aliphatic imine (C=N–C) groups is 1. The molecule has 1 atom stereocenters. The SMILES string of the molecule is CN=C(NCC1CCN(c2ccccc2)C1)N1CCN(c2cccs2)CC1.I. The van der Waals surface area contributed by atoms with E-state index >= 15 is 0 Å². The number of nitrogens with zero attached hydrogens (tertiary/aromatic N) is 4. The van der Waals surface area contributed by atoms with Crippen LogP contribution < -0.4 is 15.1 Å². The molecule has 2 fully saturated rings. The Labute approximate surface area is 189 Å². The molecule has 152 valence electrons. The normalized spacial score (nSPS) is 20.2. The average Bonchev–Trinajstić information content (AvgIpc) is 3.42. The standard InChI is InChI=1S/C21H29N5S.HI/c1-22-21(25-13-11-24(12-14-25)20-8-5-15-27-20)23-16-18-9-10-26(17-18)19-6-3-2-4-7-19;/h2-8,15,18H,9-14,16-17H2,1H3,(H,22,23);1H. The van der Waals surface area contributed by atoms with Gasteiger partial charge in [0, 0.05) is 58.5 Å². The highest BCUT2D eigenvalue weighted by Gasteiger charge is 2.24. The van der Waals surface area contributed by atoms with Crippen LogP contribution in [0.5, 0.6) is 0 Å². The zero-order chi connectivity index (χ0) is 18.5. The maximum Gasteiger partial charge on any atom is 0.193 e. The predicted octanol–water partition coefficient (Wildman–Crippen LogP) is 3.59. The minimum atomic E-state index is 0. The van der Waals surface area contributed by atoms with E-state index in [1.54, 1.807) is 0 Å². The van der Waals surface area contributed by atoms with E-state index in [9.17, 15) is 0 Å². The zero-order valence-corrected chi connectivity index (χ0v) is 19.6. The Hall–Kier alpha value is -1.48. The van der Waals surface area contributed by atoms with Gasteiger partial charge in [0.05, 0.1) is 5.00 Å². The number of hydrogen-bond acceptors (Lipinski definition) is 4. The van der Waals surface area contributed by atoms with E-state index in [4.69, 9.17) is 0 Å². The maximum absolute atomic E-state index is 4.54. The summed E-state index contributed by atoms with van der Waals surface area (Å²) in [6.45, 7) is 7.45. The van der Waals surface area contributed by atoms with Crippen molar-refractivity contribution in [3.63, 3.8) is 0 Å². The third-order valence-corrected chi connectivity index (χ3v) is 6.49. The van der Waals surface area contributed by atoms with E-state index in [0.29, 0.717) is 5.92 Å². The fourth-order valence-corrected chi connectivity index (χ4v) is 4.81. The minimum absolute atomic E-state index is 0. The number of para-hydroxylation sites is 1. The molecular formula is C21H30IN5S. The summed E-state index contributed by atoms with van der Waals surface area (Å²) in [4.78, 5) is 11.9. The summed E-state index contributed by atoms with van der Waals surface area (Å²) in [5, 5.41) is 7.17. The van der Waals surface area contributed by atoms with E-state index in [1.807, 2.05) is 18.4 Å². The summed E-state index contributed by atoms with van der Waals surface area (Å²) in [6, 6.07) is 15.1. The van der Waals surface area contributed by atoms with Crippen molar-refractivity contribution in [2.45, 2.75) is 6.42 Å². The fourth-order valence-electron chi connectivity index (χ4n) is 4.03. The zero-order valence-electron chi connectivity index (χ0n) is 16.5. The van der Waals surface area contributed by atoms with Crippen molar-refractivity contribution < 1.29 is 0 Å². The van der Waals surface area contributed by atoms with Gasteiger partial charge in [0.15, 0.2) is 5.96 Å². The van der Waals surface area contributed by atoms with Crippen LogP contribution in [0.2, 0.25) is 0 Å². The predicted molar refractivity (Wildman–Crippen MR) is 132 cm³/mol. The van der Waals surface area contributed by atoms with E-state index in [-0.39, 0.29) is 24.0 Å². The highest BCUT2D eigenvalue weighted by Crippen LogP contribution is 2.24. The monoisotopic (exact) mass is 511 g/mol. The molecule has 0 amide bonds. The van der Waals surface area contributed by atoms with Crippen molar-refractivity contribution in [1.29, 1.82) is 0 Å². The van der Waals surface area contributed by atoms with Gasteiger partial charge in [-0.15, -0.1) is 35.3 Å². The lowest BCUT2D eigenvalue weighted by molar-refractivity contribution is 0.370. The topological polar surface area (TPSA) is 34.1 Å². The van der Waals surface area contributed by atoms with Gasteiger partial charge in [-0.1, -0.05) is 18.2 Å². The van der Waals surface area contributed by atoms with Crippen molar-refractivity contribution in [3.8, 4) is 0 Å². The number of thiophene rings is 1. The summed E-state index contributed by atoms with van der Waals surface area (Å²) < 4.78 is 0. The van der Waals surface area contributed by atoms with Crippen LogP contribution in [0, 0.1) is 5.92 Å². The number of guanidine groups is 1. The lowest BCUT2D eigenvalue weighted by Gasteiger charge is -2.37. The Kier molecular flexibility index (Phi) is 7.84. The molecule has 7 heteroatoms. The summed E-state index contributed by atoms with van der Waals surface area (Å²) >= 11 is 1.83. The maximum atomic E-state index is 4.54. The van der Waals surface area contributed by atoms with Gasteiger partial charge in [0.1, 0.15) is 0 Å². The molecule has 1 aromatic heterocycles. The molecule has 4 rings (SSSR count). The van der Waals surface area contributed by atoms with E-state index in [0.717, 1.165) is 51.8 Å². The number of nitrogens with one attached hydrogen (secondary N) is 1. The first-order valence-electron chi connectivity index (χ1n) is 9.87. The molecular weight excluding hydrogens is 481 g/mol. The summed E-state index contributed by atoms with van der Waals surface area (Å²) in [5.41, 5.74) is 1.34. The van der Waals surface area contributed by atoms with Gasteiger partial charge in [-0.25, -0.2) is 0 Å². The number of rotatable bonds is 4. The number of anilines is 2. The Bertz CT molecular complexity index is 729. The van der Waals surface area contributed by atoms with E-state index in [1.165, 1.54) is 17.1 Å². The van der Waals surface area contributed by atoms with Crippen LogP contribution in [0.3, 0.4) is 0 Å². The molecule has 2 aliphatic heterocycles. The number of halogens is 1. The lowest BCUT2D eigenvalue weighted by Crippen LogP contribution is -2.53. The third-order valence-electron chi connectivity index (χ3n) is 5.56. The smallest absolute Gasteiger partial charge is 0.193 e. The van der Waals surface area contributed by atoms with Crippen molar-refractivity contribution in [3.05, 3.63) is 47.8 Å². The van der Waals surface area contributed by atoms with Crippen LogP contribution in [-0.4, -0.2) is 63.7 Å². The summed E-state index contributed by atoms with van der Waals surface area (Å²) in [7, 11) is 1.90. The Balaban J connectivity index is 0.00000225. The Morgan fingerprint density at radius 1 is 1.04 bits per heavy atom. The molecule has 3 heterocycles. The van der Waals surface area contributed by atoms with Gasteiger partial charge in [-0.2, -0.15) is 0 Å². The summed E-state index contributed by atoms with van der Waals surface area (Å²) in [5.74, 6) is 1.73. The van der Waals surface area contributed by atoms with Crippen LogP contribution in [0.4, 0.5) is 10.7 Å². The quantitative estimate of drug-likeness (QED) is 0.387. The Morgan fingerprint density at radius 2 is 1.82 bits per heavy atom. The second kappa shape index (κ2) is 10.3. The first-order valence-corrected chi connectivity index (χ1v) is 10.8. The van der Waals surface area contributed by atoms with E-state index in [2.05, 4.69) is 72.9 Å². The second-order valence-corrected chi connectivity index (χ2v) is 8.22.